The van der Waals surface area contributed by atoms with Crippen molar-refractivity contribution in [3.05, 3.63) is 22.4 Å². The average Bonchev–Trinajstić information content (AvgIpc) is 2.92. The summed E-state index contributed by atoms with van der Waals surface area (Å²) < 4.78 is 0. The second kappa shape index (κ2) is 7.20. The number of thiophene rings is 1. The van der Waals surface area contributed by atoms with Crippen molar-refractivity contribution in [1.29, 1.82) is 0 Å². The van der Waals surface area contributed by atoms with Crippen molar-refractivity contribution in [2.24, 2.45) is 5.92 Å². The maximum Gasteiger partial charge on any atom is 0.222 e. The number of rotatable bonds is 5. The van der Waals surface area contributed by atoms with Gasteiger partial charge in [-0.25, -0.2) is 0 Å². The lowest BCUT2D eigenvalue weighted by Crippen LogP contribution is -2.51. The minimum atomic E-state index is 0.0170. The van der Waals surface area contributed by atoms with E-state index in [4.69, 9.17) is 5.11 Å². The number of amides is 1. The highest BCUT2D eigenvalue weighted by atomic mass is 32.1. The monoisotopic (exact) mass is 296 g/mol. The van der Waals surface area contributed by atoms with Crippen LogP contribution >= 0.6 is 11.3 Å². The fourth-order valence-electron chi connectivity index (χ4n) is 2.72. The number of aliphatic hydroxyl groups is 1. The highest BCUT2D eigenvalue weighted by molar-refractivity contribution is 7.10. The lowest BCUT2D eigenvalue weighted by Gasteiger charge is -2.37. The summed E-state index contributed by atoms with van der Waals surface area (Å²) in [7, 11) is 0. The van der Waals surface area contributed by atoms with Crippen LogP contribution in [0.15, 0.2) is 17.5 Å². The summed E-state index contributed by atoms with van der Waals surface area (Å²) >= 11 is 1.77. The standard InChI is InChI=1S/C15H24N2O2S/c1-11(2)15(19)16-13-8-12(14-4-3-7-20-14)9-17(10-13)5-6-18/h3-4,7,11-13,18H,5-6,8-10H2,1-2H3,(H,16,19). The number of hydrogen-bond acceptors (Lipinski definition) is 4. The molecule has 2 rings (SSSR count). The van der Waals surface area contributed by atoms with E-state index in [9.17, 15) is 4.79 Å². The number of nitrogens with zero attached hydrogens (tertiary/aromatic N) is 1. The predicted octanol–water partition coefficient (Wildman–Crippen LogP) is 1.67. The molecule has 0 aromatic carbocycles. The maximum atomic E-state index is 11.9. The van der Waals surface area contributed by atoms with Gasteiger partial charge in [-0.2, -0.15) is 0 Å². The van der Waals surface area contributed by atoms with Crippen molar-refractivity contribution in [3.8, 4) is 0 Å². The summed E-state index contributed by atoms with van der Waals surface area (Å²) in [6.07, 6.45) is 0.987. The van der Waals surface area contributed by atoms with Crippen molar-refractivity contribution >= 4 is 17.2 Å². The van der Waals surface area contributed by atoms with Crippen LogP contribution in [0.1, 0.15) is 31.1 Å². The number of carbonyl (C=O) groups is 1. The summed E-state index contributed by atoms with van der Waals surface area (Å²) in [6, 6.07) is 4.42. The number of piperidine rings is 1. The molecule has 1 aliphatic heterocycles. The van der Waals surface area contributed by atoms with Gasteiger partial charge in [-0.15, -0.1) is 11.3 Å². The van der Waals surface area contributed by atoms with E-state index < -0.39 is 0 Å². The van der Waals surface area contributed by atoms with Crippen LogP contribution in [0.25, 0.3) is 0 Å². The van der Waals surface area contributed by atoms with E-state index in [0.29, 0.717) is 12.5 Å². The van der Waals surface area contributed by atoms with Gasteiger partial charge in [-0.3, -0.25) is 9.69 Å². The number of β-amino-alcohol motifs (C(OH)–C–C–N with tert-alkyl or cyclic N) is 1. The van der Waals surface area contributed by atoms with Crippen LogP contribution in [0.4, 0.5) is 0 Å². The lowest BCUT2D eigenvalue weighted by molar-refractivity contribution is -0.125. The first kappa shape index (κ1) is 15.5. The molecule has 1 aromatic heterocycles. The van der Waals surface area contributed by atoms with E-state index >= 15 is 0 Å². The van der Waals surface area contributed by atoms with Crippen LogP contribution in [-0.2, 0) is 4.79 Å². The molecule has 0 spiro atoms. The molecule has 0 radical (unpaired) electrons. The van der Waals surface area contributed by atoms with E-state index in [1.54, 1.807) is 11.3 Å². The zero-order chi connectivity index (χ0) is 14.5. The first-order valence-corrected chi connectivity index (χ1v) is 8.15. The number of hydrogen-bond donors (Lipinski definition) is 2. The molecular weight excluding hydrogens is 272 g/mol. The number of aliphatic hydroxyl groups excluding tert-OH is 1. The largest absolute Gasteiger partial charge is 0.395 e. The molecule has 1 aliphatic rings. The molecule has 1 amide bonds. The van der Waals surface area contributed by atoms with Crippen LogP contribution in [0.5, 0.6) is 0 Å². The Bertz CT molecular complexity index is 420. The second-order valence-electron chi connectivity index (χ2n) is 5.79. The smallest absolute Gasteiger partial charge is 0.222 e. The number of nitrogens with one attached hydrogen (secondary N) is 1. The fourth-order valence-corrected chi connectivity index (χ4v) is 3.55. The molecule has 2 unspecified atom stereocenters. The van der Waals surface area contributed by atoms with E-state index in [1.807, 2.05) is 13.8 Å². The Kier molecular flexibility index (Phi) is 5.57. The van der Waals surface area contributed by atoms with Gasteiger partial charge in [0.15, 0.2) is 0 Å². The van der Waals surface area contributed by atoms with E-state index in [0.717, 1.165) is 19.5 Å². The van der Waals surface area contributed by atoms with Crippen LogP contribution in [0.3, 0.4) is 0 Å². The van der Waals surface area contributed by atoms with Crippen LogP contribution in [0.2, 0.25) is 0 Å². The molecule has 4 nitrogen and oxygen atoms in total. The summed E-state index contributed by atoms with van der Waals surface area (Å²) in [5.74, 6) is 0.585. The first-order chi connectivity index (χ1) is 9.60. The molecule has 112 valence electrons. The Hall–Kier alpha value is -0.910. The Balaban J connectivity index is 2.02. The Morgan fingerprint density at radius 3 is 2.95 bits per heavy atom. The van der Waals surface area contributed by atoms with Crippen molar-refractivity contribution in [3.63, 3.8) is 0 Å². The molecule has 1 aromatic rings. The number of carbonyl (C=O) groups excluding carboxylic acids is 1. The van der Waals surface area contributed by atoms with Gasteiger partial charge in [-0.1, -0.05) is 19.9 Å². The van der Waals surface area contributed by atoms with Crippen molar-refractivity contribution in [2.45, 2.75) is 32.2 Å². The fraction of sp³-hybridized carbons (Fsp3) is 0.667. The van der Waals surface area contributed by atoms with Gasteiger partial charge in [-0.05, 0) is 17.9 Å². The van der Waals surface area contributed by atoms with Crippen molar-refractivity contribution in [2.75, 3.05) is 26.2 Å². The highest BCUT2D eigenvalue weighted by Gasteiger charge is 2.29. The Morgan fingerprint density at radius 1 is 1.55 bits per heavy atom. The molecule has 0 aliphatic carbocycles. The predicted molar refractivity (Wildman–Crippen MR) is 82.0 cm³/mol. The van der Waals surface area contributed by atoms with Gasteiger partial charge < -0.3 is 10.4 Å². The zero-order valence-electron chi connectivity index (χ0n) is 12.2. The van der Waals surface area contributed by atoms with Crippen LogP contribution < -0.4 is 5.32 Å². The van der Waals surface area contributed by atoms with Gasteiger partial charge in [0.2, 0.25) is 5.91 Å². The Labute approximate surface area is 124 Å². The van der Waals surface area contributed by atoms with E-state index in [1.165, 1.54) is 4.88 Å². The van der Waals surface area contributed by atoms with E-state index in [2.05, 4.69) is 27.7 Å². The molecule has 2 N–H and O–H groups in total. The van der Waals surface area contributed by atoms with Gasteiger partial charge >= 0.3 is 0 Å². The molecule has 2 atom stereocenters. The third-order valence-electron chi connectivity index (χ3n) is 3.76. The van der Waals surface area contributed by atoms with Crippen molar-refractivity contribution < 1.29 is 9.90 Å². The maximum absolute atomic E-state index is 11.9. The van der Waals surface area contributed by atoms with Gasteiger partial charge in [0.25, 0.3) is 0 Å². The zero-order valence-corrected chi connectivity index (χ0v) is 13.0. The minimum absolute atomic E-state index is 0.0170. The Morgan fingerprint density at radius 2 is 2.35 bits per heavy atom. The molecular formula is C15H24N2O2S. The summed E-state index contributed by atoms with van der Waals surface area (Å²) in [5.41, 5.74) is 0. The summed E-state index contributed by atoms with van der Waals surface area (Å²) in [5, 5.41) is 14.4. The van der Waals surface area contributed by atoms with Gasteiger partial charge in [0.1, 0.15) is 0 Å². The third-order valence-corrected chi connectivity index (χ3v) is 4.79. The second-order valence-corrected chi connectivity index (χ2v) is 6.77. The molecule has 2 heterocycles. The molecule has 5 heteroatoms. The number of likely N-dealkylation sites (tertiary alicyclic amines) is 1. The molecule has 0 bridgehead atoms. The minimum Gasteiger partial charge on any atom is -0.395 e. The van der Waals surface area contributed by atoms with E-state index in [-0.39, 0.29) is 24.5 Å². The topological polar surface area (TPSA) is 52.6 Å². The normalized spacial score (nSPS) is 24.0. The van der Waals surface area contributed by atoms with Crippen LogP contribution in [0, 0.1) is 5.92 Å². The van der Waals surface area contributed by atoms with Gasteiger partial charge in [0.05, 0.1) is 6.61 Å². The molecule has 0 saturated carbocycles. The SMILES string of the molecule is CC(C)C(=O)NC1CC(c2cccs2)CN(CCO)C1. The quantitative estimate of drug-likeness (QED) is 0.869. The van der Waals surface area contributed by atoms with Gasteiger partial charge in [0, 0.05) is 42.4 Å². The average molecular weight is 296 g/mol. The summed E-state index contributed by atoms with van der Waals surface area (Å²) in [4.78, 5) is 15.5. The van der Waals surface area contributed by atoms with Crippen molar-refractivity contribution in [1.82, 2.24) is 10.2 Å². The first-order valence-electron chi connectivity index (χ1n) is 7.27. The highest BCUT2D eigenvalue weighted by Crippen LogP contribution is 2.30. The molecule has 1 saturated heterocycles. The molecule has 20 heavy (non-hydrogen) atoms. The lowest BCUT2D eigenvalue weighted by atomic mass is 9.92. The summed E-state index contributed by atoms with van der Waals surface area (Å²) in [6.45, 7) is 6.48. The van der Waals surface area contributed by atoms with Crippen LogP contribution in [-0.4, -0.2) is 48.2 Å². The molecule has 1 fully saturated rings. The third kappa shape index (κ3) is 4.04.